The molecule has 5 rings (SSSR count). The van der Waals surface area contributed by atoms with Crippen LogP contribution in [0.3, 0.4) is 0 Å². The van der Waals surface area contributed by atoms with Gasteiger partial charge in [-0.1, -0.05) is 6.07 Å². The molecule has 0 bridgehead atoms. The number of H-pyrrole nitrogens is 1. The van der Waals surface area contributed by atoms with Crippen LogP contribution >= 0.6 is 0 Å². The maximum atomic E-state index is 14.1. The summed E-state index contributed by atoms with van der Waals surface area (Å²) in [5, 5.41) is 3.60. The zero-order chi connectivity index (χ0) is 30.2. The molecule has 0 spiro atoms. The van der Waals surface area contributed by atoms with Crippen LogP contribution in [0.5, 0.6) is 0 Å². The van der Waals surface area contributed by atoms with Crippen molar-refractivity contribution < 1.29 is 32.2 Å². The third-order valence-electron chi connectivity index (χ3n) is 7.45. The average molecular weight is 589 g/mol. The molecule has 0 saturated carbocycles. The van der Waals surface area contributed by atoms with Crippen molar-refractivity contribution in [3.8, 4) is 11.3 Å². The van der Waals surface area contributed by atoms with Gasteiger partial charge in [-0.2, -0.15) is 13.2 Å². The second-order valence-electron chi connectivity index (χ2n) is 11.7. The number of rotatable bonds is 5. The average Bonchev–Trinajstić information content (AvgIpc) is 3.58. The Morgan fingerprint density at radius 2 is 1.88 bits per heavy atom. The van der Waals surface area contributed by atoms with Gasteiger partial charge in [0.2, 0.25) is 5.95 Å². The molecular weight excluding hydrogens is 553 g/mol. The van der Waals surface area contributed by atoms with Crippen LogP contribution in [0.15, 0.2) is 30.6 Å². The largest absolute Gasteiger partial charge is 0.444 e. The number of methoxy groups -OCH3 is 1. The summed E-state index contributed by atoms with van der Waals surface area (Å²) in [5.74, 6) is -0.137. The van der Waals surface area contributed by atoms with Crippen LogP contribution in [0.1, 0.15) is 56.0 Å². The van der Waals surface area contributed by atoms with Gasteiger partial charge in [0.1, 0.15) is 11.2 Å². The molecule has 4 heterocycles. The summed E-state index contributed by atoms with van der Waals surface area (Å²) in [7, 11) is 1.61. The summed E-state index contributed by atoms with van der Waals surface area (Å²) in [4.78, 5) is 40.1. The second-order valence-corrected chi connectivity index (χ2v) is 11.7. The van der Waals surface area contributed by atoms with E-state index < -0.39 is 23.4 Å². The molecule has 2 aliphatic heterocycles. The topological polar surface area (TPSA) is 113 Å². The number of benzene rings is 1. The summed E-state index contributed by atoms with van der Waals surface area (Å²) in [6.45, 7) is 7.26. The monoisotopic (exact) mass is 588 g/mol. The highest BCUT2D eigenvalue weighted by molar-refractivity contribution is 6.02. The maximum absolute atomic E-state index is 14.1. The van der Waals surface area contributed by atoms with Gasteiger partial charge in [0.05, 0.1) is 11.8 Å². The van der Waals surface area contributed by atoms with Crippen LogP contribution in [0.4, 0.5) is 23.9 Å². The number of aromatic amines is 1. The SMILES string of the molecule is COC1CCN(C(=O)c2ccc3c(-c4nc(NC5CCCN(C(=O)OC(C)(C)C)C5)ncc4C(F)(F)F)c[nH]c3c2)C1. The minimum Gasteiger partial charge on any atom is -0.444 e. The first-order valence-corrected chi connectivity index (χ1v) is 13.9. The Hall–Kier alpha value is -3.87. The summed E-state index contributed by atoms with van der Waals surface area (Å²) >= 11 is 0. The third kappa shape index (κ3) is 6.45. The number of nitrogens with one attached hydrogen (secondary N) is 2. The Kier molecular flexibility index (Phi) is 8.06. The van der Waals surface area contributed by atoms with Crippen molar-refractivity contribution >= 4 is 28.9 Å². The fourth-order valence-corrected chi connectivity index (χ4v) is 5.38. The molecule has 226 valence electrons. The fourth-order valence-electron chi connectivity index (χ4n) is 5.38. The molecule has 42 heavy (non-hydrogen) atoms. The first kappa shape index (κ1) is 29.6. The number of aromatic nitrogens is 3. The molecule has 10 nitrogen and oxygen atoms in total. The molecule has 3 aromatic rings. The zero-order valence-electron chi connectivity index (χ0n) is 24.0. The molecule has 2 aliphatic rings. The summed E-state index contributed by atoms with van der Waals surface area (Å²) in [6.07, 6.45) is -0.784. The Balaban J connectivity index is 1.40. The molecule has 13 heteroatoms. The number of likely N-dealkylation sites (tertiary alicyclic amines) is 2. The molecule has 2 amide bonds. The van der Waals surface area contributed by atoms with Gasteiger partial charge >= 0.3 is 12.3 Å². The van der Waals surface area contributed by atoms with E-state index in [4.69, 9.17) is 9.47 Å². The number of carbonyl (C=O) groups excluding carboxylic acids is 2. The van der Waals surface area contributed by atoms with Crippen LogP contribution < -0.4 is 5.32 Å². The number of alkyl halides is 3. The van der Waals surface area contributed by atoms with Crippen LogP contribution in [0.25, 0.3) is 22.2 Å². The lowest BCUT2D eigenvalue weighted by Crippen LogP contribution is -2.47. The van der Waals surface area contributed by atoms with Crippen molar-refractivity contribution in [3.63, 3.8) is 0 Å². The van der Waals surface area contributed by atoms with E-state index in [-0.39, 0.29) is 35.3 Å². The van der Waals surface area contributed by atoms with Crippen molar-refractivity contribution in [3.05, 3.63) is 41.7 Å². The molecule has 2 saturated heterocycles. The number of amides is 2. The van der Waals surface area contributed by atoms with Gasteiger partial charge in [-0.3, -0.25) is 4.79 Å². The standard InChI is InChI=1S/C29H35F3N6O4/c1-28(2,3)42-27(40)38-10-5-6-18(15-38)35-26-34-14-22(29(30,31)32)24(36-26)21-13-33-23-12-17(7-8-20(21)23)25(39)37-11-9-19(16-37)41-4/h7-8,12-14,18-19,33H,5-6,9-11,15-16H2,1-4H3,(H,34,35,36). The molecule has 2 aromatic heterocycles. The van der Waals surface area contributed by atoms with Gasteiger partial charge in [-0.15, -0.1) is 0 Å². The Morgan fingerprint density at radius 3 is 2.57 bits per heavy atom. The molecule has 2 N–H and O–H groups in total. The van der Waals surface area contributed by atoms with E-state index in [1.165, 1.54) is 6.20 Å². The van der Waals surface area contributed by atoms with Crippen LogP contribution in [-0.2, 0) is 15.7 Å². The summed E-state index contributed by atoms with van der Waals surface area (Å²) < 4.78 is 53.1. The van der Waals surface area contributed by atoms with Crippen molar-refractivity contribution in [1.82, 2.24) is 24.8 Å². The number of halogens is 3. The lowest BCUT2D eigenvalue weighted by Gasteiger charge is -2.34. The fraction of sp³-hybridized carbons (Fsp3) is 0.517. The Bertz CT molecular complexity index is 1470. The maximum Gasteiger partial charge on any atom is 0.419 e. The number of fused-ring (bicyclic) bond motifs is 1. The number of ether oxygens (including phenoxy) is 2. The van der Waals surface area contributed by atoms with Gasteiger partial charge < -0.3 is 29.6 Å². The first-order valence-electron chi connectivity index (χ1n) is 13.9. The van der Waals surface area contributed by atoms with Gasteiger partial charge in [-0.25, -0.2) is 14.8 Å². The highest BCUT2D eigenvalue weighted by atomic mass is 19.4. The third-order valence-corrected chi connectivity index (χ3v) is 7.45. The second kappa shape index (κ2) is 11.4. The Morgan fingerprint density at radius 1 is 1.10 bits per heavy atom. The van der Waals surface area contributed by atoms with Gasteiger partial charge in [0.15, 0.2) is 0 Å². The Labute approximate surface area is 241 Å². The summed E-state index contributed by atoms with van der Waals surface area (Å²) in [5.41, 5.74) is -0.720. The van der Waals surface area contributed by atoms with Crippen LogP contribution in [0, 0.1) is 0 Å². The minimum absolute atomic E-state index is 0.00914. The van der Waals surface area contributed by atoms with E-state index in [0.29, 0.717) is 55.5 Å². The molecule has 2 atom stereocenters. The van der Waals surface area contributed by atoms with Crippen molar-refractivity contribution in [1.29, 1.82) is 0 Å². The number of carbonyl (C=O) groups is 2. The van der Waals surface area contributed by atoms with E-state index in [0.717, 1.165) is 12.6 Å². The molecule has 2 fully saturated rings. The number of hydrogen-bond acceptors (Lipinski definition) is 7. The highest BCUT2D eigenvalue weighted by Gasteiger charge is 2.37. The van der Waals surface area contributed by atoms with E-state index in [1.54, 1.807) is 55.9 Å². The zero-order valence-corrected chi connectivity index (χ0v) is 24.0. The van der Waals surface area contributed by atoms with E-state index in [1.807, 2.05) is 0 Å². The van der Waals surface area contributed by atoms with Crippen molar-refractivity contribution in [2.45, 2.75) is 64.0 Å². The molecule has 0 aliphatic carbocycles. The van der Waals surface area contributed by atoms with E-state index >= 15 is 0 Å². The predicted octanol–water partition coefficient (Wildman–Crippen LogP) is 5.32. The smallest absolute Gasteiger partial charge is 0.419 e. The van der Waals surface area contributed by atoms with Gasteiger partial charge in [0.25, 0.3) is 5.91 Å². The van der Waals surface area contributed by atoms with Gasteiger partial charge in [0, 0.05) is 73.8 Å². The van der Waals surface area contributed by atoms with Gasteiger partial charge in [-0.05, 0) is 52.2 Å². The van der Waals surface area contributed by atoms with Crippen LogP contribution in [-0.4, -0.2) is 87.8 Å². The van der Waals surface area contributed by atoms with Crippen molar-refractivity contribution in [2.24, 2.45) is 0 Å². The number of piperidine rings is 1. The minimum atomic E-state index is -4.70. The normalized spacial score (nSPS) is 19.8. The number of anilines is 1. The first-order chi connectivity index (χ1) is 19.8. The molecule has 1 aromatic carbocycles. The quantitative estimate of drug-likeness (QED) is 0.415. The molecule has 0 radical (unpaired) electrons. The highest BCUT2D eigenvalue weighted by Crippen LogP contribution is 2.39. The summed E-state index contributed by atoms with van der Waals surface area (Å²) in [6, 6.07) is 4.62. The molecular formula is C29H35F3N6O4. The lowest BCUT2D eigenvalue weighted by molar-refractivity contribution is -0.137. The van der Waals surface area contributed by atoms with E-state index in [9.17, 15) is 22.8 Å². The predicted molar refractivity (Wildman–Crippen MR) is 150 cm³/mol. The number of nitrogens with zero attached hydrogens (tertiary/aromatic N) is 4. The molecule has 2 unspecified atom stereocenters. The lowest BCUT2D eigenvalue weighted by atomic mass is 10.0. The van der Waals surface area contributed by atoms with Crippen LogP contribution in [0.2, 0.25) is 0 Å². The van der Waals surface area contributed by atoms with E-state index in [2.05, 4.69) is 20.3 Å². The van der Waals surface area contributed by atoms with Crippen molar-refractivity contribution in [2.75, 3.05) is 38.6 Å². The number of hydrogen-bond donors (Lipinski definition) is 2.